The molecule has 1 aliphatic heterocycles. The minimum Gasteiger partial charge on any atom is -0.505 e. The normalized spacial score (nSPS) is 17.6. The molecule has 1 saturated heterocycles. The van der Waals surface area contributed by atoms with Crippen LogP contribution in [0.2, 0.25) is 0 Å². The van der Waals surface area contributed by atoms with Crippen LogP contribution in [-0.2, 0) is 0 Å². The zero-order valence-corrected chi connectivity index (χ0v) is 10.6. The number of carbonyl (C=O) groups is 1. The molecule has 0 aliphatic carbocycles. The molecule has 0 radical (unpaired) electrons. The number of hydrogen-bond acceptors (Lipinski definition) is 4. The van der Waals surface area contributed by atoms with Crippen molar-refractivity contribution in [2.24, 2.45) is 0 Å². The number of likely N-dealkylation sites (tertiary alicyclic amines) is 1. The number of hydrogen-bond donors (Lipinski definition) is 2. The lowest BCUT2D eigenvalue weighted by Gasteiger charge is -2.21. The van der Waals surface area contributed by atoms with E-state index in [4.69, 9.17) is 0 Å². The summed E-state index contributed by atoms with van der Waals surface area (Å²) in [5, 5.41) is 12.4. The number of nitrogens with one attached hydrogen (secondary N) is 1. The molecule has 0 spiro atoms. The molecule has 0 saturated carbocycles. The fourth-order valence-electron chi connectivity index (χ4n) is 2.28. The molecule has 5 nitrogen and oxygen atoms in total. The summed E-state index contributed by atoms with van der Waals surface area (Å²) in [6.45, 7) is 5.06. The third-order valence-corrected chi connectivity index (χ3v) is 3.15. The lowest BCUT2D eigenvalue weighted by Crippen LogP contribution is -2.41. The molecule has 2 rings (SSSR count). The molecule has 2 N–H and O–H groups in total. The van der Waals surface area contributed by atoms with Gasteiger partial charge in [0.15, 0.2) is 0 Å². The summed E-state index contributed by atoms with van der Waals surface area (Å²) in [5.74, 6) is -0.329. The smallest absolute Gasteiger partial charge is 0.255 e. The number of aromatic nitrogens is 1. The topological polar surface area (TPSA) is 65.5 Å². The van der Waals surface area contributed by atoms with Crippen LogP contribution in [0.4, 0.5) is 0 Å². The number of carbonyl (C=O) groups excluding carboxylic acids is 1. The second-order valence-electron chi connectivity index (χ2n) is 4.78. The molecule has 18 heavy (non-hydrogen) atoms. The van der Waals surface area contributed by atoms with Gasteiger partial charge in [-0.3, -0.25) is 9.78 Å². The van der Waals surface area contributed by atoms with E-state index in [1.165, 1.54) is 31.3 Å². The molecule has 1 atom stereocenters. The Hall–Kier alpha value is -1.62. The van der Waals surface area contributed by atoms with Gasteiger partial charge in [-0.2, -0.15) is 0 Å². The SMILES string of the molecule is CC(CN1CCCC1)NC(=O)c1ccncc1O. The summed E-state index contributed by atoms with van der Waals surface area (Å²) < 4.78 is 0. The molecule has 0 bridgehead atoms. The van der Waals surface area contributed by atoms with Gasteiger partial charge in [0.25, 0.3) is 5.91 Å². The third-order valence-electron chi connectivity index (χ3n) is 3.15. The highest BCUT2D eigenvalue weighted by molar-refractivity contribution is 5.96. The van der Waals surface area contributed by atoms with E-state index in [1.54, 1.807) is 0 Å². The second kappa shape index (κ2) is 5.82. The second-order valence-corrected chi connectivity index (χ2v) is 4.78. The number of rotatable bonds is 4. The van der Waals surface area contributed by atoms with Crippen LogP contribution in [0.5, 0.6) is 5.75 Å². The van der Waals surface area contributed by atoms with Crippen molar-refractivity contribution >= 4 is 5.91 Å². The molecule has 1 aromatic heterocycles. The fourth-order valence-corrected chi connectivity index (χ4v) is 2.28. The Morgan fingerprint density at radius 2 is 2.28 bits per heavy atom. The van der Waals surface area contributed by atoms with E-state index < -0.39 is 0 Å². The largest absolute Gasteiger partial charge is 0.505 e. The summed E-state index contributed by atoms with van der Waals surface area (Å²) in [6.07, 6.45) is 5.26. The van der Waals surface area contributed by atoms with Crippen LogP contribution in [0.25, 0.3) is 0 Å². The predicted molar refractivity (Wildman–Crippen MR) is 68.5 cm³/mol. The summed E-state index contributed by atoms with van der Waals surface area (Å²) in [5.41, 5.74) is 0.276. The van der Waals surface area contributed by atoms with E-state index in [2.05, 4.69) is 15.2 Å². The van der Waals surface area contributed by atoms with E-state index in [9.17, 15) is 9.90 Å². The van der Waals surface area contributed by atoms with Gasteiger partial charge in [0.2, 0.25) is 0 Å². The number of pyridine rings is 1. The van der Waals surface area contributed by atoms with Crippen LogP contribution < -0.4 is 5.32 Å². The van der Waals surface area contributed by atoms with Gasteiger partial charge < -0.3 is 15.3 Å². The number of aromatic hydroxyl groups is 1. The first-order chi connectivity index (χ1) is 8.66. The average Bonchev–Trinajstić information content (AvgIpc) is 2.82. The highest BCUT2D eigenvalue weighted by Crippen LogP contribution is 2.14. The van der Waals surface area contributed by atoms with Gasteiger partial charge in [-0.25, -0.2) is 0 Å². The fraction of sp³-hybridized carbons (Fsp3) is 0.538. The Balaban J connectivity index is 1.88. The highest BCUT2D eigenvalue weighted by Gasteiger charge is 2.17. The molecule has 5 heteroatoms. The van der Waals surface area contributed by atoms with E-state index in [1.807, 2.05) is 6.92 Å². The van der Waals surface area contributed by atoms with Gasteiger partial charge in [-0.1, -0.05) is 0 Å². The summed E-state index contributed by atoms with van der Waals surface area (Å²) >= 11 is 0. The van der Waals surface area contributed by atoms with Crippen molar-refractivity contribution in [1.82, 2.24) is 15.2 Å². The molecular weight excluding hydrogens is 230 g/mol. The molecule has 2 heterocycles. The molecule has 1 amide bonds. The van der Waals surface area contributed by atoms with Gasteiger partial charge in [-0.05, 0) is 38.9 Å². The monoisotopic (exact) mass is 249 g/mol. The van der Waals surface area contributed by atoms with Crippen molar-refractivity contribution in [2.45, 2.75) is 25.8 Å². The standard InChI is InChI=1S/C13H19N3O2/c1-10(9-16-6-2-3-7-16)15-13(18)11-4-5-14-8-12(11)17/h4-5,8,10,17H,2-3,6-7,9H2,1H3,(H,15,18). The Bertz CT molecular complexity index is 416. The summed E-state index contributed by atoms with van der Waals surface area (Å²) in [7, 11) is 0. The maximum absolute atomic E-state index is 11.9. The first-order valence-electron chi connectivity index (χ1n) is 6.33. The zero-order valence-electron chi connectivity index (χ0n) is 10.6. The highest BCUT2D eigenvalue weighted by atomic mass is 16.3. The molecule has 1 fully saturated rings. The van der Waals surface area contributed by atoms with Crippen molar-refractivity contribution in [3.05, 3.63) is 24.0 Å². The van der Waals surface area contributed by atoms with Gasteiger partial charge in [0.1, 0.15) is 5.75 Å². The molecule has 0 aromatic carbocycles. The minimum atomic E-state index is -0.249. The van der Waals surface area contributed by atoms with Gasteiger partial charge in [-0.15, -0.1) is 0 Å². The summed E-state index contributed by atoms with van der Waals surface area (Å²) in [4.78, 5) is 18.0. The van der Waals surface area contributed by atoms with Crippen LogP contribution in [0.1, 0.15) is 30.1 Å². The lowest BCUT2D eigenvalue weighted by molar-refractivity contribution is 0.0929. The third kappa shape index (κ3) is 3.20. The molecule has 1 unspecified atom stereocenters. The van der Waals surface area contributed by atoms with Crippen LogP contribution in [0.15, 0.2) is 18.5 Å². The number of amides is 1. The van der Waals surface area contributed by atoms with Crippen molar-refractivity contribution in [3.63, 3.8) is 0 Å². The minimum absolute atomic E-state index is 0.0724. The van der Waals surface area contributed by atoms with Gasteiger partial charge >= 0.3 is 0 Å². The lowest BCUT2D eigenvalue weighted by atomic mass is 10.2. The van der Waals surface area contributed by atoms with E-state index in [-0.39, 0.29) is 23.3 Å². The van der Waals surface area contributed by atoms with Crippen LogP contribution in [-0.4, -0.2) is 46.6 Å². The molecule has 98 valence electrons. The van der Waals surface area contributed by atoms with Gasteiger partial charge in [0.05, 0.1) is 11.8 Å². The van der Waals surface area contributed by atoms with Crippen LogP contribution >= 0.6 is 0 Å². The van der Waals surface area contributed by atoms with Crippen molar-refractivity contribution < 1.29 is 9.90 Å². The Morgan fingerprint density at radius 1 is 1.56 bits per heavy atom. The van der Waals surface area contributed by atoms with Crippen molar-refractivity contribution in [1.29, 1.82) is 0 Å². The maximum atomic E-state index is 11.9. The Morgan fingerprint density at radius 3 is 2.94 bits per heavy atom. The first-order valence-corrected chi connectivity index (χ1v) is 6.33. The van der Waals surface area contributed by atoms with Crippen molar-refractivity contribution in [2.75, 3.05) is 19.6 Å². The van der Waals surface area contributed by atoms with Crippen LogP contribution in [0, 0.1) is 0 Å². The maximum Gasteiger partial charge on any atom is 0.255 e. The first kappa shape index (κ1) is 12.8. The molecular formula is C13H19N3O2. The van der Waals surface area contributed by atoms with Crippen LogP contribution in [0.3, 0.4) is 0 Å². The molecule has 1 aromatic rings. The summed E-state index contributed by atoms with van der Waals surface area (Å²) in [6, 6.07) is 1.59. The van der Waals surface area contributed by atoms with E-state index >= 15 is 0 Å². The van der Waals surface area contributed by atoms with E-state index in [0.717, 1.165) is 19.6 Å². The average molecular weight is 249 g/mol. The van der Waals surface area contributed by atoms with Gasteiger partial charge in [0, 0.05) is 18.8 Å². The van der Waals surface area contributed by atoms with E-state index in [0.29, 0.717) is 0 Å². The quantitative estimate of drug-likeness (QED) is 0.835. The molecule has 1 aliphatic rings. The Kier molecular flexibility index (Phi) is 4.15. The predicted octanol–water partition coefficient (Wildman–Crippen LogP) is 1.00. The number of nitrogens with zero attached hydrogens (tertiary/aromatic N) is 2. The Labute approximate surface area is 107 Å². The van der Waals surface area contributed by atoms with Crippen molar-refractivity contribution in [3.8, 4) is 5.75 Å². The zero-order chi connectivity index (χ0) is 13.0.